The molecule has 0 aliphatic carbocycles. The lowest BCUT2D eigenvalue weighted by Crippen LogP contribution is -2.46. The van der Waals surface area contributed by atoms with Gasteiger partial charge in [0.25, 0.3) is 0 Å². The zero-order valence-corrected chi connectivity index (χ0v) is 15.5. The van der Waals surface area contributed by atoms with E-state index >= 15 is 0 Å². The average Bonchev–Trinajstić information content (AvgIpc) is 2.75. The van der Waals surface area contributed by atoms with Gasteiger partial charge in [0, 0.05) is 44.8 Å². The van der Waals surface area contributed by atoms with E-state index in [-0.39, 0.29) is 17.5 Å². The summed E-state index contributed by atoms with van der Waals surface area (Å²) in [5.74, 6) is 0.101. The molecule has 146 valence electrons. The van der Waals surface area contributed by atoms with Crippen molar-refractivity contribution in [1.82, 2.24) is 20.0 Å². The minimum atomic E-state index is -4.15. The largest absolute Gasteiger partial charge is 0.401 e. The zero-order valence-electron chi connectivity index (χ0n) is 15.5. The van der Waals surface area contributed by atoms with Crippen molar-refractivity contribution in [2.45, 2.75) is 45.3 Å². The maximum absolute atomic E-state index is 12.4. The van der Waals surface area contributed by atoms with Crippen LogP contribution in [0.4, 0.5) is 18.0 Å². The first-order valence-corrected chi connectivity index (χ1v) is 9.11. The molecule has 8 heteroatoms. The van der Waals surface area contributed by atoms with Gasteiger partial charge in [0.2, 0.25) is 0 Å². The second-order valence-electron chi connectivity index (χ2n) is 8.19. The van der Waals surface area contributed by atoms with Crippen LogP contribution in [0.2, 0.25) is 0 Å². The Morgan fingerprint density at radius 1 is 1.08 bits per heavy atom. The highest BCUT2D eigenvalue weighted by Gasteiger charge is 2.34. The highest BCUT2D eigenvalue weighted by molar-refractivity contribution is 5.74. The number of alkyl halides is 3. The first-order valence-electron chi connectivity index (χ1n) is 9.11. The van der Waals surface area contributed by atoms with Crippen molar-refractivity contribution >= 4 is 6.03 Å². The van der Waals surface area contributed by atoms with E-state index in [1.54, 1.807) is 0 Å². The minimum Gasteiger partial charge on any atom is -0.338 e. The van der Waals surface area contributed by atoms with E-state index in [2.05, 4.69) is 31.0 Å². The third-order valence-electron chi connectivity index (χ3n) is 5.05. The molecule has 0 saturated carbocycles. The van der Waals surface area contributed by atoms with Crippen molar-refractivity contribution in [1.29, 1.82) is 0 Å². The first-order chi connectivity index (χ1) is 11.5. The summed E-state index contributed by atoms with van der Waals surface area (Å²) in [5.41, 5.74) is 0.0955. The fourth-order valence-electron chi connectivity index (χ4n) is 3.61. The minimum absolute atomic E-state index is 0.0926. The molecule has 1 atom stereocenters. The molecule has 0 spiro atoms. The van der Waals surface area contributed by atoms with E-state index in [0.29, 0.717) is 32.6 Å². The number of halogens is 3. The molecular formula is C17H31F3N4O. The van der Waals surface area contributed by atoms with Crippen molar-refractivity contribution in [2.75, 3.05) is 52.4 Å². The van der Waals surface area contributed by atoms with E-state index in [0.717, 1.165) is 26.1 Å². The molecular weight excluding hydrogens is 333 g/mol. The van der Waals surface area contributed by atoms with Crippen LogP contribution in [0.3, 0.4) is 0 Å². The molecule has 0 bridgehead atoms. The number of carbonyl (C=O) groups is 1. The van der Waals surface area contributed by atoms with E-state index < -0.39 is 12.7 Å². The lowest BCUT2D eigenvalue weighted by Gasteiger charge is -2.34. The number of hydrogen-bond donors (Lipinski definition) is 1. The molecule has 2 saturated heterocycles. The Morgan fingerprint density at radius 3 is 2.44 bits per heavy atom. The monoisotopic (exact) mass is 364 g/mol. The van der Waals surface area contributed by atoms with Gasteiger partial charge in [0.1, 0.15) is 0 Å². The number of nitrogens with zero attached hydrogens (tertiary/aromatic N) is 3. The standard InChI is InChI=1S/C17H31F3N4O/c1-16(2,3)24-7-4-6-23(9-10-24)15(25)21-11-14-5-8-22(12-14)13-17(18,19)20/h14H,4-13H2,1-3H3,(H,21,25)/t14-/m0/s1. The summed E-state index contributed by atoms with van der Waals surface area (Å²) in [6.07, 6.45) is -2.51. The highest BCUT2D eigenvalue weighted by atomic mass is 19.4. The fraction of sp³-hybridized carbons (Fsp3) is 0.941. The van der Waals surface area contributed by atoms with Crippen LogP contribution in [-0.4, -0.2) is 84.8 Å². The van der Waals surface area contributed by atoms with Crippen molar-refractivity contribution in [3.63, 3.8) is 0 Å². The second-order valence-corrected chi connectivity index (χ2v) is 8.19. The molecule has 0 radical (unpaired) electrons. The molecule has 0 aromatic rings. The SMILES string of the molecule is CC(C)(C)N1CCCN(C(=O)NC[C@@H]2CCN(CC(F)(F)F)C2)CC1. The van der Waals surface area contributed by atoms with Crippen LogP contribution in [-0.2, 0) is 0 Å². The van der Waals surface area contributed by atoms with Crippen molar-refractivity contribution < 1.29 is 18.0 Å². The molecule has 2 aliphatic heterocycles. The molecule has 0 aromatic heterocycles. The van der Waals surface area contributed by atoms with Gasteiger partial charge in [-0.25, -0.2) is 4.79 Å². The van der Waals surface area contributed by atoms with Gasteiger partial charge < -0.3 is 10.2 Å². The topological polar surface area (TPSA) is 38.8 Å². The third kappa shape index (κ3) is 6.66. The van der Waals surface area contributed by atoms with Gasteiger partial charge in [0.05, 0.1) is 6.54 Å². The van der Waals surface area contributed by atoms with Crippen LogP contribution >= 0.6 is 0 Å². The summed E-state index contributed by atoms with van der Waals surface area (Å²) in [5, 5.41) is 2.92. The summed E-state index contributed by atoms with van der Waals surface area (Å²) in [6, 6.07) is -0.0926. The van der Waals surface area contributed by atoms with Crippen LogP contribution in [0, 0.1) is 5.92 Å². The van der Waals surface area contributed by atoms with Crippen molar-refractivity contribution in [3.8, 4) is 0 Å². The Bertz CT molecular complexity index is 450. The number of hydrogen-bond acceptors (Lipinski definition) is 3. The van der Waals surface area contributed by atoms with Crippen molar-refractivity contribution in [3.05, 3.63) is 0 Å². The molecule has 2 heterocycles. The zero-order chi connectivity index (χ0) is 18.7. The highest BCUT2D eigenvalue weighted by Crippen LogP contribution is 2.22. The van der Waals surface area contributed by atoms with Crippen LogP contribution < -0.4 is 5.32 Å². The lowest BCUT2D eigenvalue weighted by atomic mass is 10.1. The molecule has 2 rings (SSSR count). The Kier molecular flexibility index (Phi) is 6.59. The van der Waals surface area contributed by atoms with E-state index in [1.807, 2.05) is 4.90 Å². The first kappa shape index (κ1) is 20.3. The van der Waals surface area contributed by atoms with Crippen molar-refractivity contribution in [2.24, 2.45) is 5.92 Å². The third-order valence-corrected chi connectivity index (χ3v) is 5.05. The predicted molar refractivity (Wildman–Crippen MR) is 91.5 cm³/mol. The molecule has 1 N–H and O–H groups in total. The second kappa shape index (κ2) is 8.12. The van der Waals surface area contributed by atoms with Gasteiger partial charge in [-0.1, -0.05) is 0 Å². The van der Waals surface area contributed by atoms with E-state index in [9.17, 15) is 18.0 Å². The maximum Gasteiger partial charge on any atom is 0.401 e. The number of carbonyl (C=O) groups excluding carboxylic acids is 1. The maximum atomic E-state index is 12.4. The molecule has 0 aromatic carbocycles. The molecule has 0 unspecified atom stereocenters. The Morgan fingerprint density at radius 2 is 1.80 bits per heavy atom. The summed E-state index contributed by atoms with van der Waals surface area (Å²) < 4.78 is 37.3. The number of nitrogens with one attached hydrogen (secondary N) is 1. The average molecular weight is 364 g/mol. The van der Waals surface area contributed by atoms with Gasteiger partial charge in [-0.3, -0.25) is 9.80 Å². The fourth-order valence-corrected chi connectivity index (χ4v) is 3.61. The number of urea groups is 1. The Balaban J connectivity index is 1.72. The number of amides is 2. The normalized spacial score (nSPS) is 24.4. The van der Waals surface area contributed by atoms with Gasteiger partial charge in [-0.2, -0.15) is 13.2 Å². The Hall–Kier alpha value is -1.02. The van der Waals surface area contributed by atoms with Gasteiger partial charge in [0.15, 0.2) is 0 Å². The van der Waals surface area contributed by atoms with Crippen LogP contribution in [0.25, 0.3) is 0 Å². The van der Waals surface area contributed by atoms with E-state index in [4.69, 9.17) is 0 Å². The number of rotatable bonds is 3. The molecule has 2 fully saturated rings. The summed E-state index contributed by atoms with van der Waals surface area (Å²) in [7, 11) is 0. The lowest BCUT2D eigenvalue weighted by molar-refractivity contribution is -0.143. The summed E-state index contributed by atoms with van der Waals surface area (Å²) >= 11 is 0. The quantitative estimate of drug-likeness (QED) is 0.836. The predicted octanol–water partition coefficient (Wildman–Crippen LogP) is 2.39. The summed E-state index contributed by atoms with van der Waals surface area (Å²) in [4.78, 5) is 18.0. The van der Waals surface area contributed by atoms with Crippen LogP contribution in [0.5, 0.6) is 0 Å². The molecule has 5 nitrogen and oxygen atoms in total. The molecule has 2 amide bonds. The Labute approximate surface area is 148 Å². The summed E-state index contributed by atoms with van der Waals surface area (Å²) in [6.45, 7) is 10.2. The van der Waals surface area contributed by atoms with E-state index in [1.165, 1.54) is 4.90 Å². The van der Waals surface area contributed by atoms with Gasteiger partial charge in [-0.15, -0.1) is 0 Å². The van der Waals surface area contributed by atoms with Crippen LogP contribution in [0.15, 0.2) is 0 Å². The molecule has 25 heavy (non-hydrogen) atoms. The smallest absolute Gasteiger partial charge is 0.338 e. The number of likely N-dealkylation sites (tertiary alicyclic amines) is 1. The van der Waals surface area contributed by atoms with Gasteiger partial charge in [-0.05, 0) is 46.1 Å². The van der Waals surface area contributed by atoms with Gasteiger partial charge >= 0.3 is 12.2 Å². The van der Waals surface area contributed by atoms with Crippen LogP contribution in [0.1, 0.15) is 33.6 Å². The molecule has 2 aliphatic rings.